The molecule has 0 saturated carbocycles. The van der Waals surface area contributed by atoms with E-state index in [1.165, 1.54) is 11.1 Å². The molecule has 0 amide bonds. The van der Waals surface area contributed by atoms with Crippen LogP contribution in [0.2, 0.25) is 0 Å². The summed E-state index contributed by atoms with van der Waals surface area (Å²) >= 11 is 0. The fraction of sp³-hybridized carbons (Fsp3) is 0.381. The summed E-state index contributed by atoms with van der Waals surface area (Å²) in [6.07, 6.45) is 7.97. The Bertz CT molecular complexity index is 1000. The summed E-state index contributed by atoms with van der Waals surface area (Å²) in [6, 6.07) is 10.7. The molecule has 26 heavy (non-hydrogen) atoms. The molecule has 2 aliphatic carbocycles. The van der Waals surface area contributed by atoms with Crippen molar-refractivity contribution >= 4 is 0 Å². The van der Waals surface area contributed by atoms with Crippen LogP contribution in [0.25, 0.3) is 0 Å². The van der Waals surface area contributed by atoms with Crippen LogP contribution in [0.1, 0.15) is 65.2 Å². The standard InChI is InChI=1S/C21H22N4O/c1-25-11-10-22-20(25)18-16(13-6-3-2-4-7-13)12-14-8-5-9-15-17(14)19(18)23-24-21(15)26/h2-4,6-7,10-11,14,16,18H,5,8-9,12H2,1H3,(H,24,26). The largest absolute Gasteiger partial charge is 0.337 e. The molecule has 1 N–H and O–H groups in total. The van der Waals surface area contributed by atoms with E-state index in [4.69, 9.17) is 0 Å². The van der Waals surface area contributed by atoms with E-state index < -0.39 is 0 Å². The van der Waals surface area contributed by atoms with Gasteiger partial charge >= 0.3 is 0 Å². The molecule has 3 aromatic rings. The van der Waals surface area contributed by atoms with Crippen molar-refractivity contribution in [2.75, 3.05) is 0 Å². The Morgan fingerprint density at radius 2 is 2.08 bits per heavy atom. The molecule has 2 heterocycles. The number of nitrogens with one attached hydrogen (secondary N) is 1. The number of hydrogen-bond donors (Lipinski definition) is 1. The Balaban J connectivity index is 1.76. The molecule has 3 atom stereocenters. The maximum Gasteiger partial charge on any atom is 0.267 e. The van der Waals surface area contributed by atoms with Crippen LogP contribution in [-0.4, -0.2) is 19.7 Å². The number of hydrogen-bond acceptors (Lipinski definition) is 3. The first kappa shape index (κ1) is 15.6. The lowest BCUT2D eigenvalue weighted by Crippen LogP contribution is -2.33. The minimum atomic E-state index is -0.00907. The average molecular weight is 346 g/mol. The molecule has 0 fully saturated rings. The summed E-state index contributed by atoms with van der Waals surface area (Å²) in [5, 5.41) is 7.35. The molecule has 0 aliphatic heterocycles. The molecule has 1 aromatic carbocycles. The van der Waals surface area contributed by atoms with Gasteiger partial charge in [-0.2, -0.15) is 5.10 Å². The van der Waals surface area contributed by atoms with Crippen LogP contribution < -0.4 is 5.56 Å². The topological polar surface area (TPSA) is 63.6 Å². The zero-order chi connectivity index (χ0) is 17.7. The van der Waals surface area contributed by atoms with Crippen LogP contribution in [0.5, 0.6) is 0 Å². The van der Waals surface area contributed by atoms with Crippen LogP contribution >= 0.6 is 0 Å². The Morgan fingerprint density at radius 3 is 2.85 bits per heavy atom. The van der Waals surface area contributed by atoms with Gasteiger partial charge in [-0.05, 0) is 48.6 Å². The minimum absolute atomic E-state index is 0.00907. The van der Waals surface area contributed by atoms with Crippen LogP contribution in [-0.2, 0) is 13.5 Å². The van der Waals surface area contributed by atoms with Gasteiger partial charge in [0.1, 0.15) is 5.82 Å². The van der Waals surface area contributed by atoms with Gasteiger partial charge in [0.15, 0.2) is 0 Å². The number of aryl methyl sites for hydroxylation is 1. The van der Waals surface area contributed by atoms with Crippen LogP contribution in [0.4, 0.5) is 0 Å². The lowest BCUT2D eigenvalue weighted by Gasteiger charge is -2.39. The van der Waals surface area contributed by atoms with Crippen molar-refractivity contribution < 1.29 is 0 Å². The molecule has 132 valence electrons. The predicted molar refractivity (Wildman–Crippen MR) is 99.4 cm³/mol. The molecule has 5 nitrogen and oxygen atoms in total. The minimum Gasteiger partial charge on any atom is -0.337 e. The third kappa shape index (κ3) is 2.26. The Labute approximate surface area is 152 Å². The van der Waals surface area contributed by atoms with Gasteiger partial charge in [-0.3, -0.25) is 4.79 Å². The molecule has 0 spiro atoms. The van der Waals surface area contributed by atoms with Crippen molar-refractivity contribution in [1.29, 1.82) is 0 Å². The normalized spacial score (nSPS) is 24.3. The van der Waals surface area contributed by atoms with Crippen molar-refractivity contribution in [2.45, 2.75) is 43.4 Å². The van der Waals surface area contributed by atoms with Gasteiger partial charge in [-0.1, -0.05) is 30.3 Å². The van der Waals surface area contributed by atoms with Gasteiger partial charge in [-0.25, -0.2) is 10.1 Å². The summed E-state index contributed by atoms with van der Waals surface area (Å²) in [6.45, 7) is 0. The summed E-state index contributed by atoms with van der Waals surface area (Å²) in [4.78, 5) is 17.0. The van der Waals surface area contributed by atoms with E-state index >= 15 is 0 Å². The molecule has 0 bridgehead atoms. The van der Waals surface area contributed by atoms with E-state index in [0.717, 1.165) is 42.8 Å². The summed E-state index contributed by atoms with van der Waals surface area (Å²) in [7, 11) is 2.04. The average Bonchev–Trinajstić information content (AvgIpc) is 3.10. The van der Waals surface area contributed by atoms with E-state index in [0.29, 0.717) is 11.8 Å². The highest BCUT2D eigenvalue weighted by molar-refractivity contribution is 5.44. The van der Waals surface area contributed by atoms with Gasteiger partial charge in [0.05, 0.1) is 11.6 Å². The lowest BCUT2D eigenvalue weighted by molar-refractivity contribution is 0.386. The Morgan fingerprint density at radius 1 is 1.23 bits per heavy atom. The van der Waals surface area contributed by atoms with Crippen LogP contribution in [0.15, 0.2) is 47.5 Å². The fourth-order valence-corrected chi connectivity index (χ4v) is 5.00. The third-order valence-electron chi connectivity index (χ3n) is 6.14. The van der Waals surface area contributed by atoms with Crippen molar-refractivity contribution in [3.05, 3.63) is 81.3 Å². The number of imidazole rings is 1. The number of benzene rings is 1. The highest BCUT2D eigenvalue weighted by Crippen LogP contribution is 2.52. The van der Waals surface area contributed by atoms with Crippen LogP contribution in [0, 0.1) is 0 Å². The zero-order valence-electron chi connectivity index (χ0n) is 14.9. The van der Waals surface area contributed by atoms with Crippen molar-refractivity contribution in [3.63, 3.8) is 0 Å². The predicted octanol–water partition coefficient (Wildman–Crippen LogP) is 3.24. The molecular formula is C21H22N4O. The van der Waals surface area contributed by atoms with Gasteiger partial charge < -0.3 is 4.57 Å². The first-order valence-corrected chi connectivity index (χ1v) is 9.37. The number of aromatic nitrogens is 4. The van der Waals surface area contributed by atoms with Crippen molar-refractivity contribution in [2.24, 2.45) is 7.05 Å². The maximum absolute atomic E-state index is 12.4. The fourth-order valence-electron chi connectivity index (χ4n) is 5.00. The van der Waals surface area contributed by atoms with Crippen molar-refractivity contribution in [1.82, 2.24) is 19.7 Å². The molecule has 5 rings (SSSR count). The first-order chi connectivity index (χ1) is 12.7. The highest BCUT2D eigenvalue weighted by Gasteiger charge is 2.42. The van der Waals surface area contributed by atoms with Gasteiger partial charge in [0.25, 0.3) is 5.56 Å². The lowest BCUT2D eigenvalue weighted by atomic mass is 9.65. The molecule has 5 heteroatoms. The second kappa shape index (κ2) is 5.94. The monoisotopic (exact) mass is 346 g/mol. The van der Waals surface area contributed by atoms with E-state index in [-0.39, 0.29) is 11.5 Å². The first-order valence-electron chi connectivity index (χ1n) is 9.37. The molecule has 0 saturated heterocycles. The summed E-state index contributed by atoms with van der Waals surface area (Å²) in [5.74, 6) is 1.83. The molecule has 2 aliphatic rings. The van der Waals surface area contributed by atoms with Gasteiger partial charge in [0.2, 0.25) is 0 Å². The summed E-state index contributed by atoms with van der Waals surface area (Å²) < 4.78 is 2.09. The maximum atomic E-state index is 12.4. The van der Waals surface area contributed by atoms with E-state index in [9.17, 15) is 4.79 Å². The van der Waals surface area contributed by atoms with E-state index in [1.54, 1.807) is 0 Å². The number of H-pyrrole nitrogens is 1. The smallest absolute Gasteiger partial charge is 0.267 e. The third-order valence-corrected chi connectivity index (χ3v) is 6.14. The molecule has 0 radical (unpaired) electrons. The van der Waals surface area contributed by atoms with Crippen molar-refractivity contribution in [3.8, 4) is 0 Å². The number of rotatable bonds is 2. The van der Waals surface area contributed by atoms with Gasteiger partial charge in [0, 0.05) is 25.0 Å². The SMILES string of the molecule is Cn1ccnc1C1c2n[nH]c(=O)c3c2C(CCC3)CC1c1ccccc1. The highest BCUT2D eigenvalue weighted by atomic mass is 16.1. The number of aromatic amines is 1. The number of nitrogens with zero attached hydrogens (tertiary/aromatic N) is 3. The Kier molecular flexibility index (Phi) is 3.55. The Hall–Kier alpha value is -2.69. The quantitative estimate of drug-likeness (QED) is 0.775. The van der Waals surface area contributed by atoms with E-state index in [1.807, 2.05) is 19.4 Å². The molecule has 2 aromatic heterocycles. The van der Waals surface area contributed by atoms with Gasteiger partial charge in [-0.15, -0.1) is 0 Å². The molecular weight excluding hydrogens is 324 g/mol. The van der Waals surface area contributed by atoms with E-state index in [2.05, 4.69) is 50.1 Å². The zero-order valence-corrected chi connectivity index (χ0v) is 14.9. The summed E-state index contributed by atoms with van der Waals surface area (Å²) in [5.41, 5.74) is 4.51. The molecule has 3 unspecified atom stereocenters. The second-order valence-electron chi connectivity index (χ2n) is 7.55. The second-order valence-corrected chi connectivity index (χ2v) is 7.55. The van der Waals surface area contributed by atoms with Crippen LogP contribution in [0.3, 0.4) is 0 Å².